The molecule has 0 atom stereocenters. The summed E-state index contributed by atoms with van der Waals surface area (Å²) in [5, 5.41) is 1.12. The second kappa shape index (κ2) is 7.66. The molecule has 2 heterocycles. The van der Waals surface area contributed by atoms with Gasteiger partial charge in [0.05, 0.1) is 23.8 Å². The maximum atomic E-state index is 14.1. The fraction of sp³-hybridized carbons (Fsp3) is 0.100. The summed E-state index contributed by atoms with van der Waals surface area (Å²) in [6, 6.07) is 12.8. The first-order valence-corrected chi connectivity index (χ1v) is 9.58. The summed E-state index contributed by atoms with van der Waals surface area (Å²) in [5.74, 6) is -0.261. The Morgan fingerprint density at radius 2 is 1.85 bits per heavy atom. The number of aromatic nitrogens is 3. The summed E-state index contributed by atoms with van der Waals surface area (Å²) in [4.78, 5) is 8.83. The smallest absolute Gasteiger partial charge is 0.169 e. The molecule has 0 spiro atoms. The molecular weight excluding hydrogens is 388 g/mol. The molecule has 7 heteroatoms. The van der Waals surface area contributed by atoms with Crippen molar-refractivity contribution in [1.82, 2.24) is 14.5 Å². The van der Waals surface area contributed by atoms with Gasteiger partial charge in [0, 0.05) is 22.5 Å². The second-order valence-electron chi connectivity index (χ2n) is 5.96. The normalized spacial score (nSPS) is 11.2. The lowest BCUT2D eigenvalue weighted by molar-refractivity contribution is 0.617. The molecule has 0 amide bonds. The van der Waals surface area contributed by atoms with Gasteiger partial charge in [0.25, 0.3) is 0 Å². The van der Waals surface area contributed by atoms with Crippen molar-refractivity contribution in [3.63, 3.8) is 0 Å². The minimum absolute atomic E-state index is 0.278. The van der Waals surface area contributed by atoms with E-state index in [0.29, 0.717) is 22.9 Å². The molecule has 0 N–H and O–H groups in total. The summed E-state index contributed by atoms with van der Waals surface area (Å²) >= 11 is 7.53. The van der Waals surface area contributed by atoms with E-state index in [1.54, 1.807) is 36.7 Å². The van der Waals surface area contributed by atoms with Crippen LogP contribution in [0.5, 0.6) is 0 Å². The number of thioether (sulfide) groups is 1. The van der Waals surface area contributed by atoms with Crippen LogP contribution in [0.2, 0.25) is 5.02 Å². The SMILES string of the molecule is Fc1ccc(Cn2c(SCc3c(F)cccc3Cl)nc3ccncc32)cc1. The molecule has 0 saturated heterocycles. The van der Waals surface area contributed by atoms with Gasteiger partial charge in [-0.2, -0.15) is 0 Å². The third-order valence-electron chi connectivity index (χ3n) is 4.18. The van der Waals surface area contributed by atoms with Gasteiger partial charge in [-0.25, -0.2) is 13.8 Å². The minimum Gasteiger partial charge on any atom is -0.313 e. The van der Waals surface area contributed by atoms with Crippen LogP contribution in [-0.4, -0.2) is 14.5 Å². The molecule has 4 rings (SSSR count). The number of pyridine rings is 1. The number of fused-ring (bicyclic) bond motifs is 1. The van der Waals surface area contributed by atoms with Crippen molar-refractivity contribution in [1.29, 1.82) is 0 Å². The van der Waals surface area contributed by atoms with E-state index in [-0.39, 0.29) is 11.6 Å². The number of halogens is 3. The van der Waals surface area contributed by atoms with Crippen molar-refractivity contribution in [3.8, 4) is 0 Å². The van der Waals surface area contributed by atoms with Gasteiger partial charge >= 0.3 is 0 Å². The third kappa shape index (κ3) is 3.82. The van der Waals surface area contributed by atoms with E-state index >= 15 is 0 Å². The molecule has 2 aromatic heterocycles. The molecule has 0 aliphatic carbocycles. The highest BCUT2D eigenvalue weighted by atomic mass is 35.5. The van der Waals surface area contributed by atoms with Crippen LogP contribution < -0.4 is 0 Å². The molecule has 0 aliphatic heterocycles. The Hall–Kier alpha value is -2.44. The lowest BCUT2D eigenvalue weighted by Gasteiger charge is -2.10. The van der Waals surface area contributed by atoms with Gasteiger partial charge in [0.15, 0.2) is 5.16 Å². The van der Waals surface area contributed by atoms with Gasteiger partial charge in [0.1, 0.15) is 11.6 Å². The predicted molar refractivity (Wildman–Crippen MR) is 104 cm³/mol. The van der Waals surface area contributed by atoms with Crippen molar-refractivity contribution in [2.75, 3.05) is 0 Å². The van der Waals surface area contributed by atoms with Crippen LogP contribution >= 0.6 is 23.4 Å². The van der Waals surface area contributed by atoms with Crippen molar-refractivity contribution >= 4 is 34.4 Å². The number of imidazole rings is 1. The Labute approximate surface area is 164 Å². The third-order valence-corrected chi connectivity index (χ3v) is 5.53. The molecule has 4 aromatic rings. The highest BCUT2D eigenvalue weighted by Gasteiger charge is 2.14. The molecule has 0 unspecified atom stereocenters. The zero-order valence-corrected chi connectivity index (χ0v) is 15.6. The largest absolute Gasteiger partial charge is 0.313 e. The molecule has 0 bridgehead atoms. The van der Waals surface area contributed by atoms with E-state index in [1.165, 1.54) is 30.0 Å². The summed E-state index contributed by atoms with van der Waals surface area (Å²) in [6.07, 6.45) is 3.42. The number of hydrogen-bond acceptors (Lipinski definition) is 3. The van der Waals surface area contributed by atoms with Crippen LogP contribution in [-0.2, 0) is 12.3 Å². The van der Waals surface area contributed by atoms with Crippen LogP contribution in [0.1, 0.15) is 11.1 Å². The van der Waals surface area contributed by atoms with Gasteiger partial charge in [-0.15, -0.1) is 0 Å². The molecule has 0 fully saturated rings. The van der Waals surface area contributed by atoms with Gasteiger partial charge in [0.2, 0.25) is 0 Å². The van der Waals surface area contributed by atoms with Crippen LogP contribution in [0.15, 0.2) is 66.1 Å². The Kier molecular flexibility index (Phi) is 5.09. The predicted octanol–water partition coefficient (Wildman–Crippen LogP) is 5.70. The highest BCUT2D eigenvalue weighted by molar-refractivity contribution is 7.98. The maximum Gasteiger partial charge on any atom is 0.169 e. The molecule has 0 saturated carbocycles. The van der Waals surface area contributed by atoms with Crippen LogP contribution in [0.25, 0.3) is 11.0 Å². The zero-order chi connectivity index (χ0) is 18.8. The molecule has 2 aromatic carbocycles. The molecule has 0 radical (unpaired) electrons. The Morgan fingerprint density at radius 3 is 2.63 bits per heavy atom. The van der Waals surface area contributed by atoms with E-state index in [9.17, 15) is 8.78 Å². The van der Waals surface area contributed by atoms with E-state index < -0.39 is 0 Å². The first-order chi connectivity index (χ1) is 13.1. The molecule has 0 aliphatic rings. The summed E-state index contributed by atoms with van der Waals surface area (Å²) in [7, 11) is 0. The topological polar surface area (TPSA) is 30.7 Å². The average Bonchev–Trinajstić information content (AvgIpc) is 3.01. The summed E-state index contributed by atoms with van der Waals surface area (Å²) in [5.41, 5.74) is 3.05. The van der Waals surface area contributed by atoms with Crippen molar-refractivity contribution in [2.45, 2.75) is 17.5 Å². The van der Waals surface area contributed by atoms with Crippen molar-refractivity contribution < 1.29 is 8.78 Å². The van der Waals surface area contributed by atoms with E-state index in [2.05, 4.69) is 9.97 Å². The number of hydrogen-bond donors (Lipinski definition) is 0. The lowest BCUT2D eigenvalue weighted by atomic mass is 10.2. The Morgan fingerprint density at radius 1 is 1.04 bits per heavy atom. The van der Waals surface area contributed by atoms with E-state index in [4.69, 9.17) is 11.6 Å². The summed E-state index contributed by atoms with van der Waals surface area (Å²) < 4.78 is 29.3. The Balaban J connectivity index is 1.68. The molecule has 27 heavy (non-hydrogen) atoms. The second-order valence-corrected chi connectivity index (χ2v) is 7.31. The number of rotatable bonds is 5. The number of benzene rings is 2. The quantitative estimate of drug-likeness (QED) is 0.402. The van der Waals surface area contributed by atoms with Crippen LogP contribution in [0, 0.1) is 11.6 Å². The van der Waals surface area contributed by atoms with Crippen LogP contribution in [0.4, 0.5) is 8.78 Å². The summed E-state index contributed by atoms with van der Waals surface area (Å²) in [6.45, 7) is 0.510. The van der Waals surface area contributed by atoms with Gasteiger partial charge in [-0.05, 0) is 35.9 Å². The minimum atomic E-state index is -0.335. The maximum absolute atomic E-state index is 14.1. The fourth-order valence-electron chi connectivity index (χ4n) is 2.79. The first kappa shape index (κ1) is 17.9. The molecule has 3 nitrogen and oxygen atoms in total. The zero-order valence-electron chi connectivity index (χ0n) is 14.1. The molecule has 136 valence electrons. The molecular formula is C20H14ClF2N3S. The average molecular weight is 402 g/mol. The monoisotopic (exact) mass is 401 g/mol. The standard InChI is InChI=1S/C20H14ClF2N3S/c21-16-2-1-3-17(23)15(16)12-27-20-25-18-8-9-24-10-19(18)26(20)11-13-4-6-14(22)7-5-13/h1-10H,11-12H2. The van der Waals surface area contributed by atoms with Gasteiger partial charge < -0.3 is 4.57 Å². The van der Waals surface area contributed by atoms with Crippen molar-refractivity contribution in [3.05, 3.63) is 88.7 Å². The van der Waals surface area contributed by atoms with Gasteiger partial charge in [-0.3, -0.25) is 4.98 Å². The first-order valence-electron chi connectivity index (χ1n) is 8.22. The Bertz CT molecular complexity index is 1080. The van der Waals surface area contributed by atoms with E-state index in [1.807, 2.05) is 10.6 Å². The van der Waals surface area contributed by atoms with E-state index in [0.717, 1.165) is 21.8 Å². The number of nitrogens with zero attached hydrogens (tertiary/aromatic N) is 3. The van der Waals surface area contributed by atoms with Crippen LogP contribution in [0.3, 0.4) is 0 Å². The van der Waals surface area contributed by atoms with Gasteiger partial charge in [-0.1, -0.05) is 41.6 Å². The highest BCUT2D eigenvalue weighted by Crippen LogP contribution is 2.30. The lowest BCUT2D eigenvalue weighted by Crippen LogP contribution is -2.02. The fourth-order valence-corrected chi connectivity index (χ4v) is 4.15. The van der Waals surface area contributed by atoms with Crippen molar-refractivity contribution in [2.24, 2.45) is 0 Å².